The first-order valence-corrected chi connectivity index (χ1v) is 10.6. The number of thioether (sulfide) groups is 1. The molecule has 0 radical (unpaired) electrons. The fourth-order valence-electron chi connectivity index (χ4n) is 4.86. The summed E-state index contributed by atoms with van der Waals surface area (Å²) >= 11 is 1.97. The summed E-state index contributed by atoms with van der Waals surface area (Å²) < 4.78 is 0.343. The highest BCUT2D eigenvalue weighted by atomic mass is 32.2. The van der Waals surface area contributed by atoms with Crippen molar-refractivity contribution in [2.75, 3.05) is 6.54 Å². The second-order valence-electron chi connectivity index (χ2n) is 8.22. The van der Waals surface area contributed by atoms with Crippen molar-refractivity contribution < 1.29 is 4.92 Å². The summed E-state index contributed by atoms with van der Waals surface area (Å²) in [4.78, 5) is 18.3. The molecule has 3 aliphatic rings. The Morgan fingerprint density at radius 1 is 1.27 bits per heavy atom. The molecule has 5 nitrogen and oxygen atoms in total. The van der Waals surface area contributed by atoms with E-state index in [1.165, 1.54) is 44.9 Å². The maximum absolute atomic E-state index is 11.0. The standard InChI is InChI=1S/C20H27N3O2S/c1-14-6-5-7-18(14)22-13-20(10-3-4-11-20)26-19(22)21-17-9-8-16(23(24)25)12-15(17)2/h8-9,12,14,18H,3-7,10-11,13H2,1-2H3. The Balaban J connectivity index is 1.67. The molecule has 4 rings (SSSR count). The summed E-state index contributed by atoms with van der Waals surface area (Å²) in [6.07, 6.45) is 9.10. The normalized spacial score (nSPS) is 29.2. The maximum atomic E-state index is 11.0. The summed E-state index contributed by atoms with van der Waals surface area (Å²) in [6.45, 7) is 5.41. The third kappa shape index (κ3) is 3.24. The predicted octanol–water partition coefficient (Wildman–Crippen LogP) is 5.44. The van der Waals surface area contributed by atoms with E-state index in [-0.39, 0.29) is 10.6 Å². The van der Waals surface area contributed by atoms with E-state index in [1.807, 2.05) is 18.7 Å². The monoisotopic (exact) mass is 373 g/mol. The van der Waals surface area contributed by atoms with Crippen molar-refractivity contribution in [2.45, 2.75) is 69.6 Å². The van der Waals surface area contributed by atoms with Crippen molar-refractivity contribution in [3.63, 3.8) is 0 Å². The number of aliphatic imine (C=N–C) groups is 1. The molecule has 1 aromatic carbocycles. The van der Waals surface area contributed by atoms with Gasteiger partial charge in [-0.3, -0.25) is 10.1 Å². The van der Waals surface area contributed by atoms with Gasteiger partial charge in [-0.15, -0.1) is 0 Å². The van der Waals surface area contributed by atoms with Gasteiger partial charge in [0.1, 0.15) is 0 Å². The van der Waals surface area contributed by atoms with Gasteiger partial charge in [0.2, 0.25) is 0 Å². The largest absolute Gasteiger partial charge is 0.347 e. The van der Waals surface area contributed by atoms with Crippen LogP contribution in [0.25, 0.3) is 0 Å². The molecule has 2 atom stereocenters. The van der Waals surface area contributed by atoms with Gasteiger partial charge in [0.15, 0.2) is 5.17 Å². The summed E-state index contributed by atoms with van der Waals surface area (Å²) in [5.74, 6) is 0.718. The molecule has 1 aromatic rings. The van der Waals surface area contributed by atoms with E-state index in [1.54, 1.807) is 18.2 Å². The Hall–Kier alpha value is -1.56. The number of hydrogen-bond acceptors (Lipinski definition) is 4. The van der Waals surface area contributed by atoms with Gasteiger partial charge in [-0.25, -0.2) is 4.99 Å². The van der Waals surface area contributed by atoms with Gasteiger partial charge in [-0.05, 0) is 50.2 Å². The molecule has 1 spiro atoms. The molecule has 0 aromatic heterocycles. The van der Waals surface area contributed by atoms with Gasteiger partial charge in [0.25, 0.3) is 5.69 Å². The van der Waals surface area contributed by atoms with Crippen LogP contribution in [-0.4, -0.2) is 32.3 Å². The average Bonchev–Trinajstić information content (AvgIpc) is 3.31. The lowest BCUT2D eigenvalue weighted by atomic mass is 10.0. The molecule has 3 fully saturated rings. The van der Waals surface area contributed by atoms with Crippen LogP contribution in [-0.2, 0) is 0 Å². The zero-order chi connectivity index (χ0) is 18.3. The van der Waals surface area contributed by atoms with Gasteiger partial charge in [0, 0.05) is 29.5 Å². The fourth-order valence-corrected chi connectivity index (χ4v) is 6.40. The minimum atomic E-state index is -0.339. The second kappa shape index (κ2) is 6.87. The topological polar surface area (TPSA) is 58.7 Å². The number of nitro benzene ring substituents is 1. The average molecular weight is 374 g/mol. The third-order valence-electron chi connectivity index (χ3n) is 6.35. The van der Waals surface area contributed by atoms with Crippen LogP contribution in [0.3, 0.4) is 0 Å². The maximum Gasteiger partial charge on any atom is 0.269 e. The lowest BCUT2D eigenvalue weighted by molar-refractivity contribution is -0.384. The first-order chi connectivity index (χ1) is 12.5. The number of non-ortho nitro benzene ring substituents is 1. The second-order valence-corrected chi connectivity index (χ2v) is 9.65. The van der Waals surface area contributed by atoms with Crippen molar-refractivity contribution in [3.05, 3.63) is 33.9 Å². The van der Waals surface area contributed by atoms with Crippen molar-refractivity contribution in [1.29, 1.82) is 0 Å². The van der Waals surface area contributed by atoms with Gasteiger partial charge in [-0.1, -0.05) is 37.9 Å². The van der Waals surface area contributed by atoms with Gasteiger partial charge in [0.05, 0.1) is 10.6 Å². The van der Waals surface area contributed by atoms with Crippen molar-refractivity contribution in [2.24, 2.45) is 10.9 Å². The molecule has 2 aliphatic carbocycles. The van der Waals surface area contributed by atoms with Crippen LogP contribution in [0.2, 0.25) is 0 Å². The zero-order valence-electron chi connectivity index (χ0n) is 15.6. The number of aryl methyl sites for hydroxylation is 1. The van der Waals surface area contributed by atoms with E-state index in [0.717, 1.165) is 28.9 Å². The fraction of sp³-hybridized carbons (Fsp3) is 0.650. The minimum Gasteiger partial charge on any atom is -0.347 e. The summed E-state index contributed by atoms with van der Waals surface area (Å²) in [6, 6.07) is 5.60. The van der Waals surface area contributed by atoms with Crippen molar-refractivity contribution in [1.82, 2.24) is 4.90 Å². The van der Waals surface area contributed by atoms with E-state index in [4.69, 9.17) is 4.99 Å². The summed E-state index contributed by atoms with van der Waals surface area (Å²) in [7, 11) is 0. The number of rotatable bonds is 3. The molecular weight excluding hydrogens is 346 g/mol. The highest BCUT2D eigenvalue weighted by Gasteiger charge is 2.47. The smallest absolute Gasteiger partial charge is 0.269 e. The molecule has 0 N–H and O–H groups in total. The quantitative estimate of drug-likeness (QED) is 0.523. The number of benzene rings is 1. The molecule has 2 saturated carbocycles. The molecule has 26 heavy (non-hydrogen) atoms. The van der Waals surface area contributed by atoms with Crippen LogP contribution in [0.4, 0.5) is 11.4 Å². The molecule has 1 saturated heterocycles. The minimum absolute atomic E-state index is 0.138. The van der Waals surface area contributed by atoms with Crippen molar-refractivity contribution in [3.8, 4) is 0 Å². The molecule has 140 valence electrons. The molecule has 2 unspecified atom stereocenters. The molecule has 1 aliphatic heterocycles. The molecule has 0 bridgehead atoms. The Labute approximate surface area is 159 Å². The SMILES string of the molecule is Cc1cc([N+](=O)[O-])ccc1N=C1SC2(CCCC2)CN1C1CCCC1C. The van der Waals surface area contributed by atoms with Crippen LogP contribution >= 0.6 is 11.8 Å². The highest BCUT2D eigenvalue weighted by Crippen LogP contribution is 2.50. The third-order valence-corrected chi connectivity index (χ3v) is 7.83. The van der Waals surface area contributed by atoms with Crippen LogP contribution in [0.5, 0.6) is 0 Å². The molecule has 0 amide bonds. The van der Waals surface area contributed by atoms with Crippen LogP contribution in [0, 0.1) is 23.0 Å². The zero-order valence-corrected chi connectivity index (χ0v) is 16.4. The predicted molar refractivity (Wildman–Crippen MR) is 107 cm³/mol. The van der Waals surface area contributed by atoms with E-state index in [0.29, 0.717) is 10.8 Å². The summed E-state index contributed by atoms with van der Waals surface area (Å²) in [5, 5.41) is 12.1. The van der Waals surface area contributed by atoms with E-state index >= 15 is 0 Å². The summed E-state index contributed by atoms with van der Waals surface area (Å²) in [5.41, 5.74) is 1.88. The van der Waals surface area contributed by atoms with Crippen LogP contribution in [0.1, 0.15) is 57.4 Å². The molecular formula is C20H27N3O2S. The van der Waals surface area contributed by atoms with E-state index in [9.17, 15) is 10.1 Å². The van der Waals surface area contributed by atoms with E-state index in [2.05, 4.69) is 11.8 Å². The number of amidine groups is 1. The van der Waals surface area contributed by atoms with Gasteiger partial charge in [-0.2, -0.15) is 0 Å². The first-order valence-electron chi connectivity index (χ1n) is 9.77. The number of hydrogen-bond donors (Lipinski definition) is 0. The molecule has 6 heteroatoms. The number of nitro groups is 1. The lowest BCUT2D eigenvalue weighted by Crippen LogP contribution is -2.40. The first kappa shape index (κ1) is 17.8. The Morgan fingerprint density at radius 2 is 2.04 bits per heavy atom. The lowest BCUT2D eigenvalue weighted by Gasteiger charge is -2.30. The van der Waals surface area contributed by atoms with Gasteiger partial charge >= 0.3 is 0 Å². The van der Waals surface area contributed by atoms with Crippen molar-refractivity contribution >= 4 is 28.3 Å². The Kier molecular flexibility index (Phi) is 4.71. The Bertz CT molecular complexity index is 743. The van der Waals surface area contributed by atoms with E-state index < -0.39 is 0 Å². The number of nitrogens with zero attached hydrogens (tertiary/aromatic N) is 3. The van der Waals surface area contributed by atoms with Crippen LogP contribution in [0.15, 0.2) is 23.2 Å². The van der Waals surface area contributed by atoms with Gasteiger partial charge < -0.3 is 4.90 Å². The van der Waals surface area contributed by atoms with Crippen LogP contribution < -0.4 is 0 Å². The highest BCUT2D eigenvalue weighted by molar-refractivity contribution is 8.15. The Morgan fingerprint density at radius 3 is 2.65 bits per heavy atom. The molecule has 1 heterocycles.